The average Bonchev–Trinajstić information content (AvgIpc) is 2.28. The molecular weight excluding hydrogens is 292 g/mol. The van der Waals surface area contributed by atoms with E-state index in [9.17, 15) is 4.79 Å². The van der Waals surface area contributed by atoms with Gasteiger partial charge in [-0.25, -0.2) is 0 Å². The van der Waals surface area contributed by atoms with Crippen LogP contribution in [-0.4, -0.2) is 23.6 Å². The third-order valence-corrected chi connectivity index (χ3v) is 3.98. The van der Waals surface area contributed by atoms with E-state index in [-0.39, 0.29) is 5.78 Å². The lowest BCUT2D eigenvalue weighted by Crippen LogP contribution is -2.03. The van der Waals surface area contributed by atoms with E-state index < -0.39 is 0 Å². The summed E-state index contributed by atoms with van der Waals surface area (Å²) in [5.41, 5.74) is 0.886. The second kappa shape index (κ2) is 6.61. The zero-order chi connectivity index (χ0) is 11.3. The van der Waals surface area contributed by atoms with E-state index in [0.717, 1.165) is 20.7 Å². The van der Waals surface area contributed by atoms with E-state index >= 15 is 0 Å². The molecule has 0 fully saturated rings. The van der Waals surface area contributed by atoms with Gasteiger partial charge in [0.05, 0.1) is 0 Å². The Balaban J connectivity index is 3.15. The molecule has 0 aliphatic carbocycles. The van der Waals surface area contributed by atoms with Crippen LogP contribution in [0, 0.1) is 0 Å². The van der Waals surface area contributed by atoms with E-state index in [4.69, 9.17) is 0 Å². The maximum Gasteiger partial charge on any atom is 0.165 e. The lowest BCUT2D eigenvalue weighted by Gasteiger charge is -2.10. The number of halogens is 1. The van der Waals surface area contributed by atoms with Crippen molar-refractivity contribution in [3.63, 3.8) is 0 Å². The minimum atomic E-state index is 0.223. The molecule has 1 aromatic carbocycles. The Kier molecular flexibility index (Phi) is 5.79. The molecule has 0 amide bonds. The molecule has 1 rings (SSSR count). The Hall–Kier alpha value is 0.0700. The molecule has 0 saturated carbocycles. The largest absolute Gasteiger partial charge is 0.294 e. The molecule has 0 unspecified atom stereocenters. The summed E-state index contributed by atoms with van der Waals surface area (Å²) in [7, 11) is 0. The van der Waals surface area contributed by atoms with Gasteiger partial charge in [0.15, 0.2) is 5.78 Å². The highest BCUT2D eigenvalue weighted by Crippen LogP contribution is 2.30. The summed E-state index contributed by atoms with van der Waals surface area (Å²) in [5.74, 6) is 0.223. The first-order valence-corrected chi connectivity index (χ1v) is 8.11. The van der Waals surface area contributed by atoms with Gasteiger partial charge in [0.25, 0.3) is 0 Å². The van der Waals surface area contributed by atoms with Gasteiger partial charge in [-0.2, -0.15) is 0 Å². The molecule has 0 spiro atoms. The number of ketones is 1. The number of alkyl halides is 1. The van der Waals surface area contributed by atoms with Crippen LogP contribution in [0.2, 0.25) is 0 Å². The van der Waals surface area contributed by atoms with Crippen molar-refractivity contribution in [3.8, 4) is 0 Å². The fourth-order valence-electron chi connectivity index (χ4n) is 1.34. The fourth-order valence-corrected chi connectivity index (χ4v) is 3.05. The van der Waals surface area contributed by atoms with Crippen LogP contribution in [0.15, 0.2) is 28.0 Å². The van der Waals surface area contributed by atoms with Crippen LogP contribution in [0.1, 0.15) is 16.8 Å². The van der Waals surface area contributed by atoms with Gasteiger partial charge >= 0.3 is 0 Å². The first-order chi connectivity index (χ1) is 7.24. The van der Waals surface area contributed by atoms with Gasteiger partial charge in [-0.1, -0.05) is 22.0 Å². The summed E-state index contributed by atoms with van der Waals surface area (Å²) >= 11 is 6.57. The SMILES string of the molecule is CSc1cccc(SC)c1C(=O)CCBr. The third kappa shape index (κ3) is 3.26. The molecule has 0 N–H and O–H groups in total. The summed E-state index contributed by atoms with van der Waals surface area (Å²) in [6, 6.07) is 6.01. The number of carbonyl (C=O) groups excluding carboxylic acids is 1. The molecule has 15 heavy (non-hydrogen) atoms. The second-order valence-electron chi connectivity index (χ2n) is 2.90. The molecule has 0 radical (unpaired) electrons. The Bertz CT molecular complexity index is 330. The van der Waals surface area contributed by atoms with Crippen molar-refractivity contribution >= 4 is 45.2 Å². The minimum Gasteiger partial charge on any atom is -0.294 e. The summed E-state index contributed by atoms with van der Waals surface area (Å²) in [6.07, 6.45) is 4.57. The van der Waals surface area contributed by atoms with Gasteiger partial charge in [-0.05, 0) is 24.6 Å². The monoisotopic (exact) mass is 304 g/mol. The highest BCUT2D eigenvalue weighted by atomic mass is 79.9. The van der Waals surface area contributed by atoms with Gasteiger partial charge in [0.1, 0.15) is 0 Å². The van der Waals surface area contributed by atoms with Crippen molar-refractivity contribution < 1.29 is 4.79 Å². The maximum atomic E-state index is 11.9. The van der Waals surface area contributed by atoms with Gasteiger partial charge in [-0.15, -0.1) is 23.5 Å². The number of rotatable bonds is 5. The summed E-state index contributed by atoms with van der Waals surface area (Å²) in [5, 5.41) is 0.725. The topological polar surface area (TPSA) is 17.1 Å². The molecular formula is C11H13BrOS2. The van der Waals surface area contributed by atoms with E-state index in [1.165, 1.54) is 0 Å². The first kappa shape index (κ1) is 13.1. The maximum absolute atomic E-state index is 11.9. The van der Waals surface area contributed by atoms with Crippen LogP contribution in [0.25, 0.3) is 0 Å². The number of Topliss-reactive ketones (excluding diaryl/α,β-unsaturated/α-hetero) is 1. The molecule has 0 aliphatic heterocycles. The summed E-state index contributed by atoms with van der Waals surface area (Å²) in [4.78, 5) is 14.1. The Labute approximate surface area is 108 Å². The molecule has 0 heterocycles. The zero-order valence-corrected chi connectivity index (χ0v) is 12.0. The van der Waals surface area contributed by atoms with Gasteiger partial charge < -0.3 is 0 Å². The molecule has 4 heteroatoms. The van der Waals surface area contributed by atoms with E-state index in [0.29, 0.717) is 6.42 Å². The highest BCUT2D eigenvalue weighted by Gasteiger charge is 2.14. The molecule has 1 nitrogen and oxygen atoms in total. The third-order valence-electron chi connectivity index (χ3n) is 2.03. The minimum absolute atomic E-state index is 0.223. The van der Waals surface area contributed by atoms with Crippen LogP contribution in [0.5, 0.6) is 0 Å². The van der Waals surface area contributed by atoms with Crippen LogP contribution in [0.3, 0.4) is 0 Å². The molecule has 0 aliphatic rings. The number of carbonyl (C=O) groups is 1. The summed E-state index contributed by atoms with van der Waals surface area (Å²) in [6.45, 7) is 0. The van der Waals surface area contributed by atoms with Gasteiger partial charge in [0.2, 0.25) is 0 Å². The van der Waals surface area contributed by atoms with Crippen LogP contribution in [-0.2, 0) is 0 Å². The van der Waals surface area contributed by atoms with Crippen molar-refractivity contribution in [2.75, 3.05) is 17.8 Å². The molecule has 82 valence electrons. The van der Waals surface area contributed by atoms with Crippen molar-refractivity contribution in [1.29, 1.82) is 0 Å². The van der Waals surface area contributed by atoms with Crippen LogP contribution in [0.4, 0.5) is 0 Å². The number of benzene rings is 1. The zero-order valence-electron chi connectivity index (χ0n) is 8.75. The molecule has 1 aromatic rings. The van der Waals surface area contributed by atoms with Gasteiger partial charge in [-0.3, -0.25) is 4.79 Å². The fraction of sp³-hybridized carbons (Fsp3) is 0.364. The number of hydrogen-bond acceptors (Lipinski definition) is 3. The van der Waals surface area contributed by atoms with E-state index in [1.807, 2.05) is 30.7 Å². The standard InChI is InChI=1S/C11H13BrOS2/c1-14-9-4-3-5-10(15-2)11(9)8(13)6-7-12/h3-5H,6-7H2,1-2H3. The predicted molar refractivity (Wildman–Crippen MR) is 72.7 cm³/mol. The van der Waals surface area contributed by atoms with Crippen molar-refractivity contribution in [1.82, 2.24) is 0 Å². The highest BCUT2D eigenvalue weighted by molar-refractivity contribution is 9.09. The number of thioether (sulfide) groups is 2. The van der Waals surface area contributed by atoms with Crippen LogP contribution < -0.4 is 0 Å². The van der Waals surface area contributed by atoms with Crippen molar-refractivity contribution in [2.45, 2.75) is 16.2 Å². The van der Waals surface area contributed by atoms with E-state index in [1.54, 1.807) is 23.5 Å². The van der Waals surface area contributed by atoms with E-state index in [2.05, 4.69) is 15.9 Å². The Morgan fingerprint density at radius 3 is 2.20 bits per heavy atom. The quantitative estimate of drug-likeness (QED) is 0.463. The Morgan fingerprint density at radius 1 is 1.27 bits per heavy atom. The second-order valence-corrected chi connectivity index (χ2v) is 5.39. The molecule has 0 atom stereocenters. The normalized spacial score (nSPS) is 10.3. The van der Waals surface area contributed by atoms with Crippen molar-refractivity contribution in [2.24, 2.45) is 0 Å². The van der Waals surface area contributed by atoms with Gasteiger partial charge in [0, 0.05) is 27.1 Å². The lowest BCUT2D eigenvalue weighted by molar-refractivity contribution is 0.0984. The number of hydrogen-bond donors (Lipinski definition) is 0. The molecule has 0 saturated heterocycles. The van der Waals surface area contributed by atoms with Crippen LogP contribution >= 0.6 is 39.5 Å². The lowest BCUT2D eigenvalue weighted by atomic mass is 10.1. The molecule has 0 bridgehead atoms. The summed E-state index contributed by atoms with van der Waals surface area (Å²) < 4.78 is 0. The Morgan fingerprint density at radius 2 is 1.80 bits per heavy atom. The smallest absolute Gasteiger partial charge is 0.165 e. The molecule has 0 aromatic heterocycles. The average molecular weight is 305 g/mol. The first-order valence-electron chi connectivity index (χ1n) is 4.54. The van der Waals surface area contributed by atoms with Crippen molar-refractivity contribution in [3.05, 3.63) is 23.8 Å². The predicted octanol–water partition coefficient (Wildman–Crippen LogP) is 4.10.